The minimum absolute atomic E-state index is 0.00595. The first-order valence-corrected chi connectivity index (χ1v) is 6.76. The molecule has 0 aromatic rings. The molecule has 2 N–H and O–H groups in total. The Kier molecular flexibility index (Phi) is 6.34. The van der Waals surface area contributed by atoms with Gasteiger partial charge >= 0.3 is 6.03 Å². The van der Waals surface area contributed by atoms with Crippen LogP contribution >= 0.6 is 0 Å². The van der Waals surface area contributed by atoms with Gasteiger partial charge in [-0.15, -0.1) is 0 Å². The third kappa shape index (κ3) is 4.94. The Labute approximate surface area is 104 Å². The number of aliphatic hydroxyl groups excluding tert-OH is 1. The zero-order chi connectivity index (χ0) is 12.7. The van der Waals surface area contributed by atoms with Crippen molar-refractivity contribution in [3.63, 3.8) is 0 Å². The Morgan fingerprint density at radius 2 is 2.12 bits per heavy atom. The number of rotatable bonds is 6. The number of carbonyl (C=O) groups excluding carboxylic acids is 1. The second-order valence-corrected chi connectivity index (χ2v) is 5.17. The topological polar surface area (TPSA) is 52.6 Å². The van der Waals surface area contributed by atoms with Crippen molar-refractivity contribution in [3.05, 3.63) is 0 Å². The van der Waals surface area contributed by atoms with Gasteiger partial charge in [-0.2, -0.15) is 0 Å². The third-order valence-electron chi connectivity index (χ3n) is 3.79. The first kappa shape index (κ1) is 14.3. The van der Waals surface area contributed by atoms with Crippen LogP contribution in [0.2, 0.25) is 0 Å². The molecule has 0 aromatic carbocycles. The van der Waals surface area contributed by atoms with Crippen LogP contribution in [0.5, 0.6) is 0 Å². The molecule has 0 bridgehead atoms. The van der Waals surface area contributed by atoms with Gasteiger partial charge in [0, 0.05) is 13.6 Å². The SMILES string of the molecule is CC(CO)N(C)C(=O)NCCCC1CCCC1. The van der Waals surface area contributed by atoms with Gasteiger partial charge in [0.2, 0.25) is 0 Å². The van der Waals surface area contributed by atoms with E-state index in [4.69, 9.17) is 5.11 Å². The molecule has 1 aliphatic rings. The Morgan fingerprint density at radius 3 is 2.71 bits per heavy atom. The fourth-order valence-electron chi connectivity index (χ4n) is 2.33. The minimum Gasteiger partial charge on any atom is -0.394 e. The van der Waals surface area contributed by atoms with Gasteiger partial charge in [0.15, 0.2) is 0 Å². The number of hydrogen-bond acceptors (Lipinski definition) is 2. The summed E-state index contributed by atoms with van der Waals surface area (Å²) in [5.41, 5.74) is 0. The second-order valence-electron chi connectivity index (χ2n) is 5.17. The average molecular weight is 242 g/mol. The van der Waals surface area contributed by atoms with E-state index >= 15 is 0 Å². The molecule has 100 valence electrons. The molecular weight excluding hydrogens is 216 g/mol. The number of aliphatic hydroxyl groups is 1. The lowest BCUT2D eigenvalue weighted by Gasteiger charge is -2.23. The highest BCUT2D eigenvalue weighted by molar-refractivity contribution is 5.74. The van der Waals surface area contributed by atoms with Crippen molar-refractivity contribution in [1.82, 2.24) is 10.2 Å². The summed E-state index contributed by atoms with van der Waals surface area (Å²) < 4.78 is 0. The number of carbonyl (C=O) groups is 1. The van der Waals surface area contributed by atoms with Crippen molar-refractivity contribution in [3.8, 4) is 0 Å². The van der Waals surface area contributed by atoms with E-state index in [-0.39, 0.29) is 18.7 Å². The maximum atomic E-state index is 11.6. The first-order chi connectivity index (χ1) is 8.15. The van der Waals surface area contributed by atoms with Gasteiger partial charge in [-0.1, -0.05) is 25.7 Å². The van der Waals surface area contributed by atoms with Crippen LogP contribution in [0.4, 0.5) is 4.79 Å². The normalized spacial score (nSPS) is 18.1. The molecule has 1 rings (SSSR count). The molecular formula is C13H26N2O2. The van der Waals surface area contributed by atoms with Gasteiger partial charge in [-0.3, -0.25) is 0 Å². The van der Waals surface area contributed by atoms with Gasteiger partial charge < -0.3 is 15.3 Å². The lowest BCUT2D eigenvalue weighted by atomic mass is 10.0. The van der Waals surface area contributed by atoms with Crippen molar-refractivity contribution in [2.75, 3.05) is 20.2 Å². The predicted octanol–water partition coefficient (Wildman–Crippen LogP) is 1.98. The molecule has 1 atom stereocenters. The van der Waals surface area contributed by atoms with Crippen molar-refractivity contribution in [2.24, 2.45) is 5.92 Å². The highest BCUT2D eigenvalue weighted by Crippen LogP contribution is 2.28. The van der Waals surface area contributed by atoms with E-state index in [1.165, 1.54) is 32.1 Å². The average Bonchev–Trinajstić information content (AvgIpc) is 2.85. The molecule has 1 saturated carbocycles. The van der Waals surface area contributed by atoms with E-state index in [9.17, 15) is 4.79 Å². The lowest BCUT2D eigenvalue weighted by Crippen LogP contribution is -2.44. The largest absolute Gasteiger partial charge is 0.394 e. The van der Waals surface area contributed by atoms with Crippen LogP contribution in [0.1, 0.15) is 45.4 Å². The third-order valence-corrected chi connectivity index (χ3v) is 3.79. The Bertz CT molecular complexity index is 227. The van der Waals surface area contributed by atoms with Crippen LogP contribution in [0, 0.1) is 5.92 Å². The summed E-state index contributed by atoms with van der Waals surface area (Å²) in [7, 11) is 1.72. The number of likely N-dealkylation sites (N-methyl/N-ethyl adjacent to an activating group) is 1. The summed E-state index contributed by atoms with van der Waals surface area (Å²) >= 11 is 0. The Balaban J connectivity index is 2.06. The summed E-state index contributed by atoms with van der Waals surface area (Å²) in [6, 6.07) is -0.206. The highest BCUT2D eigenvalue weighted by atomic mass is 16.3. The Morgan fingerprint density at radius 1 is 1.47 bits per heavy atom. The molecule has 0 radical (unpaired) electrons. The van der Waals surface area contributed by atoms with Crippen LogP contribution in [0.3, 0.4) is 0 Å². The molecule has 0 saturated heterocycles. The predicted molar refractivity (Wildman–Crippen MR) is 68.9 cm³/mol. The fraction of sp³-hybridized carbons (Fsp3) is 0.923. The standard InChI is InChI=1S/C13H26N2O2/c1-11(10-16)15(2)13(17)14-9-5-8-12-6-3-4-7-12/h11-12,16H,3-10H2,1-2H3,(H,14,17). The van der Waals surface area contributed by atoms with E-state index in [0.717, 1.165) is 18.9 Å². The van der Waals surface area contributed by atoms with Crippen LogP contribution < -0.4 is 5.32 Å². The molecule has 0 aliphatic heterocycles. The van der Waals surface area contributed by atoms with Crippen molar-refractivity contribution in [2.45, 2.75) is 51.5 Å². The monoisotopic (exact) mass is 242 g/mol. The van der Waals surface area contributed by atoms with Crippen molar-refractivity contribution in [1.29, 1.82) is 0 Å². The minimum atomic E-state index is -0.121. The molecule has 4 nitrogen and oxygen atoms in total. The van der Waals surface area contributed by atoms with Gasteiger partial charge in [-0.25, -0.2) is 4.79 Å². The summed E-state index contributed by atoms with van der Waals surface area (Å²) in [6.45, 7) is 2.59. The zero-order valence-corrected chi connectivity index (χ0v) is 11.1. The fourth-order valence-corrected chi connectivity index (χ4v) is 2.33. The van der Waals surface area contributed by atoms with Gasteiger partial charge in [0.25, 0.3) is 0 Å². The van der Waals surface area contributed by atoms with Crippen molar-refractivity contribution < 1.29 is 9.90 Å². The smallest absolute Gasteiger partial charge is 0.317 e. The molecule has 0 spiro atoms. The number of nitrogens with zero attached hydrogens (tertiary/aromatic N) is 1. The first-order valence-electron chi connectivity index (χ1n) is 6.76. The molecule has 17 heavy (non-hydrogen) atoms. The number of amides is 2. The summed E-state index contributed by atoms with van der Waals surface area (Å²) in [4.78, 5) is 13.2. The van der Waals surface area contributed by atoms with Gasteiger partial charge in [0.1, 0.15) is 0 Å². The molecule has 1 unspecified atom stereocenters. The van der Waals surface area contributed by atoms with E-state index in [1.807, 2.05) is 6.92 Å². The summed E-state index contributed by atoms with van der Waals surface area (Å²) in [5.74, 6) is 0.890. The maximum absolute atomic E-state index is 11.6. The molecule has 1 aliphatic carbocycles. The van der Waals surface area contributed by atoms with Crippen LogP contribution in [-0.4, -0.2) is 42.3 Å². The van der Waals surface area contributed by atoms with Gasteiger partial charge in [-0.05, 0) is 25.7 Å². The molecule has 2 amide bonds. The number of urea groups is 1. The molecule has 0 aromatic heterocycles. The lowest BCUT2D eigenvalue weighted by molar-refractivity contribution is 0.157. The van der Waals surface area contributed by atoms with E-state index in [0.29, 0.717) is 0 Å². The quantitative estimate of drug-likeness (QED) is 0.700. The number of nitrogens with one attached hydrogen (secondary N) is 1. The number of hydrogen-bond donors (Lipinski definition) is 2. The second kappa shape index (κ2) is 7.54. The molecule has 0 heterocycles. The van der Waals surface area contributed by atoms with Crippen LogP contribution in [0.25, 0.3) is 0 Å². The van der Waals surface area contributed by atoms with Gasteiger partial charge in [0.05, 0.1) is 12.6 Å². The highest BCUT2D eigenvalue weighted by Gasteiger charge is 2.16. The summed E-state index contributed by atoms with van der Waals surface area (Å²) in [6.07, 6.45) is 7.81. The van der Waals surface area contributed by atoms with Crippen LogP contribution in [0.15, 0.2) is 0 Å². The molecule has 4 heteroatoms. The van der Waals surface area contributed by atoms with Crippen molar-refractivity contribution >= 4 is 6.03 Å². The Hall–Kier alpha value is -0.770. The molecule has 1 fully saturated rings. The van der Waals surface area contributed by atoms with E-state index < -0.39 is 0 Å². The zero-order valence-electron chi connectivity index (χ0n) is 11.1. The van der Waals surface area contributed by atoms with E-state index in [1.54, 1.807) is 11.9 Å². The summed E-state index contributed by atoms with van der Waals surface area (Å²) in [5, 5.41) is 11.8. The van der Waals surface area contributed by atoms with Crippen LogP contribution in [-0.2, 0) is 0 Å². The maximum Gasteiger partial charge on any atom is 0.317 e. The van der Waals surface area contributed by atoms with E-state index in [2.05, 4.69) is 5.32 Å².